The lowest BCUT2D eigenvalue weighted by Crippen LogP contribution is -2.46. The van der Waals surface area contributed by atoms with E-state index in [1.807, 2.05) is 18.2 Å². The normalized spacial score (nSPS) is 26.3. The van der Waals surface area contributed by atoms with Crippen molar-refractivity contribution < 1.29 is 14.2 Å². The minimum absolute atomic E-state index is 0.0187. The van der Waals surface area contributed by atoms with Gasteiger partial charge in [0.2, 0.25) is 0 Å². The Morgan fingerprint density at radius 3 is 2.83 bits per heavy atom. The molecule has 18 heavy (non-hydrogen) atoms. The van der Waals surface area contributed by atoms with Crippen LogP contribution in [-0.4, -0.2) is 26.4 Å². The summed E-state index contributed by atoms with van der Waals surface area (Å²) < 4.78 is 16.6. The first kappa shape index (κ1) is 13.2. The van der Waals surface area contributed by atoms with Gasteiger partial charge in [0.25, 0.3) is 0 Å². The van der Waals surface area contributed by atoms with Crippen molar-refractivity contribution in [3.63, 3.8) is 0 Å². The van der Waals surface area contributed by atoms with Gasteiger partial charge in [-0.25, -0.2) is 0 Å². The summed E-state index contributed by atoms with van der Waals surface area (Å²) in [4.78, 5) is 0. The van der Waals surface area contributed by atoms with Crippen molar-refractivity contribution >= 4 is 0 Å². The molecular formula is C14H21NO3. The third-order valence-electron chi connectivity index (χ3n) is 3.59. The molecule has 2 unspecified atom stereocenters. The average molecular weight is 251 g/mol. The molecule has 0 amide bonds. The monoisotopic (exact) mass is 251 g/mol. The van der Waals surface area contributed by atoms with Crippen LogP contribution in [0.2, 0.25) is 0 Å². The predicted molar refractivity (Wildman–Crippen MR) is 70.1 cm³/mol. The highest BCUT2D eigenvalue weighted by Crippen LogP contribution is 2.41. The zero-order chi connectivity index (χ0) is 13.2. The molecule has 1 aliphatic heterocycles. The van der Waals surface area contributed by atoms with Crippen LogP contribution in [0.4, 0.5) is 0 Å². The summed E-state index contributed by atoms with van der Waals surface area (Å²) in [6, 6.07) is 5.77. The van der Waals surface area contributed by atoms with Crippen LogP contribution < -0.4 is 15.2 Å². The fraction of sp³-hybridized carbons (Fsp3) is 0.571. The first-order valence-electron chi connectivity index (χ1n) is 6.25. The fourth-order valence-electron chi connectivity index (χ4n) is 2.49. The molecule has 0 aliphatic carbocycles. The van der Waals surface area contributed by atoms with Gasteiger partial charge >= 0.3 is 0 Å². The summed E-state index contributed by atoms with van der Waals surface area (Å²) in [7, 11) is 3.33. The Bertz CT molecular complexity index is 422. The number of methoxy groups -OCH3 is 2. The van der Waals surface area contributed by atoms with Crippen molar-refractivity contribution in [3.8, 4) is 11.5 Å². The number of ether oxygens (including phenoxy) is 3. The molecule has 0 aromatic heterocycles. The van der Waals surface area contributed by atoms with E-state index < -0.39 is 0 Å². The summed E-state index contributed by atoms with van der Waals surface area (Å²) in [5, 5.41) is 0. The topological polar surface area (TPSA) is 53.7 Å². The van der Waals surface area contributed by atoms with Gasteiger partial charge < -0.3 is 19.9 Å². The van der Waals surface area contributed by atoms with Gasteiger partial charge in [-0.1, -0.05) is 13.0 Å². The van der Waals surface area contributed by atoms with E-state index in [0.29, 0.717) is 6.61 Å². The van der Waals surface area contributed by atoms with Gasteiger partial charge in [0, 0.05) is 31.2 Å². The minimum Gasteiger partial charge on any atom is -0.497 e. The molecule has 2 rings (SSSR count). The molecule has 4 heteroatoms. The van der Waals surface area contributed by atoms with Gasteiger partial charge in [-0.3, -0.25) is 0 Å². The van der Waals surface area contributed by atoms with E-state index in [4.69, 9.17) is 19.9 Å². The number of fused-ring (bicyclic) bond motifs is 1. The first-order chi connectivity index (χ1) is 8.64. The van der Waals surface area contributed by atoms with Gasteiger partial charge in [-0.05, 0) is 12.5 Å². The van der Waals surface area contributed by atoms with Crippen LogP contribution in [-0.2, 0) is 4.74 Å². The molecule has 100 valence electrons. The standard InChI is InChI=1S/C14H21NO3/c1-4-14(9-16-2)8-12(15)11-6-5-10(17-3)7-13(11)18-14/h5-7,12H,4,8-9,15H2,1-3H3. The zero-order valence-corrected chi connectivity index (χ0v) is 11.2. The quantitative estimate of drug-likeness (QED) is 0.892. The lowest BCUT2D eigenvalue weighted by atomic mass is 9.86. The Morgan fingerprint density at radius 1 is 1.44 bits per heavy atom. The molecule has 0 radical (unpaired) electrons. The highest BCUT2D eigenvalue weighted by molar-refractivity contribution is 5.44. The van der Waals surface area contributed by atoms with Crippen molar-refractivity contribution in [2.75, 3.05) is 20.8 Å². The van der Waals surface area contributed by atoms with Crippen molar-refractivity contribution in [1.29, 1.82) is 0 Å². The van der Waals surface area contributed by atoms with Crippen LogP contribution in [0.1, 0.15) is 31.4 Å². The molecule has 1 aromatic rings. The van der Waals surface area contributed by atoms with E-state index in [0.717, 1.165) is 29.9 Å². The number of hydrogen-bond donors (Lipinski definition) is 1. The molecule has 1 aromatic carbocycles. The lowest BCUT2D eigenvalue weighted by molar-refractivity contribution is -0.0338. The molecule has 4 nitrogen and oxygen atoms in total. The number of benzene rings is 1. The van der Waals surface area contributed by atoms with E-state index in [-0.39, 0.29) is 11.6 Å². The molecule has 0 fully saturated rings. The average Bonchev–Trinajstić information content (AvgIpc) is 2.38. The van der Waals surface area contributed by atoms with E-state index in [9.17, 15) is 0 Å². The molecule has 0 saturated carbocycles. The highest BCUT2D eigenvalue weighted by Gasteiger charge is 2.38. The van der Waals surface area contributed by atoms with Crippen LogP contribution in [0, 0.1) is 0 Å². The number of hydrogen-bond acceptors (Lipinski definition) is 4. The molecule has 2 N–H and O–H groups in total. The maximum atomic E-state index is 6.24. The van der Waals surface area contributed by atoms with Crippen molar-refractivity contribution in [2.45, 2.75) is 31.4 Å². The maximum absolute atomic E-state index is 6.24. The van der Waals surface area contributed by atoms with Gasteiger partial charge in [-0.2, -0.15) is 0 Å². The van der Waals surface area contributed by atoms with E-state index in [1.54, 1.807) is 14.2 Å². The molecule has 2 atom stereocenters. The smallest absolute Gasteiger partial charge is 0.134 e. The van der Waals surface area contributed by atoms with Crippen LogP contribution in [0.15, 0.2) is 18.2 Å². The lowest BCUT2D eigenvalue weighted by Gasteiger charge is -2.40. The van der Waals surface area contributed by atoms with Crippen molar-refractivity contribution in [3.05, 3.63) is 23.8 Å². The Labute approximate surface area is 108 Å². The van der Waals surface area contributed by atoms with Crippen LogP contribution in [0.25, 0.3) is 0 Å². The summed E-state index contributed by atoms with van der Waals surface area (Å²) in [6.45, 7) is 2.64. The predicted octanol–water partition coefficient (Wildman–Crippen LogP) is 2.27. The second-order valence-electron chi connectivity index (χ2n) is 4.79. The largest absolute Gasteiger partial charge is 0.497 e. The van der Waals surface area contributed by atoms with Gasteiger partial charge in [0.05, 0.1) is 13.7 Å². The Kier molecular flexibility index (Phi) is 3.78. The highest BCUT2D eigenvalue weighted by atomic mass is 16.5. The van der Waals surface area contributed by atoms with Crippen LogP contribution in [0.3, 0.4) is 0 Å². The maximum Gasteiger partial charge on any atom is 0.134 e. The zero-order valence-electron chi connectivity index (χ0n) is 11.2. The molecular weight excluding hydrogens is 230 g/mol. The summed E-state index contributed by atoms with van der Waals surface area (Å²) in [5.74, 6) is 1.59. The summed E-state index contributed by atoms with van der Waals surface area (Å²) >= 11 is 0. The third-order valence-corrected chi connectivity index (χ3v) is 3.59. The fourth-order valence-corrected chi connectivity index (χ4v) is 2.49. The van der Waals surface area contributed by atoms with Crippen molar-refractivity contribution in [1.82, 2.24) is 0 Å². The van der Waals surface area contributed by atoms with Crippen LogP contribution >= 0.6 is 0 Å². The number of nitrogens with two attached hydrogens (primary N) is 1. The third kappa shape index (κ3) is 2.31. The van der Waals surface area contributed by atoms with E-state index in [1.165, 1.54) is 0 Å². The molecule has 1 heterocycles. The number of rotatable bonds is 4. The summed E-state index contributed by atoms with van der Waals surface area (Å²) in [6.07, 6.45) is 1.64. The van der Waals surface area contributed by atoms with Gasteiger partial charge in [-0.15, -0.1) is 0 Å². The van der Waals surface area contributed by atoms with Gasteiger partial charge in [0.1, 0.15) is 17.1 Å². The second-order valence-corrected chi connectivity index (χ2v) is 4.79. The molecule has 0 saturated heterocycles. The minimum atomic E-state index is -0.326. The van der Waals surface area contributed by atoms with E-state index >= 15 is 0 Å². The van der Waals surface area contributed by atoms with E-state index in [2.05, 4.69) is 6.92 Å². The van der Waals surface area contributed by atoms with Gasteiger partial charge in [0.15, 0.2) is 0 Å². The molecule has 1 aliphatic rings. The molecule has 0 bridgehead atoms. The van der Waals surface area contributed by atoms with Crippen molar-refractivity contribution in [2.24, 2.45) is 5.73 Å². The first-order valence-corrected chi connectivity index (χ1v) is 6.25. The molecule has 0 spiro atoms. The SMILES string of the molecule is CCC1(COC)CC(N)c2ccc(OC)cc2O1. The second kappa shape index (κ2) is 5.16. The van der Waals surface area contributed by atoms with Crippen LogP contribution in [0.5, 0.6) is 11.5 Å². The Morgan fingerprint density at radius 2 is 2.22 bits per heavy atom. The Hall–Kier alpha value is -1.26. The summed E-state index contributed by atoms with van der Waals surface area (Å²) in [5.41, 5.74) is 6.96. The Balaban J connectivity index is 2.35.